The molecular weight excluding hydrogens is 286 g/mol. The summed E-state index contributed by atoms with van der Waals surface area (Å²) in [5.41, 5.74) is 3.63. The summed E-state index contributed by atoms with van der Waals surface area (Å²) in [5, 5.41) is 0. The lowest BCUT2D eigenvalue weighted by atomic mass is 10.1. The van der Waals surface area contributed by atoms with E-state index in [1.807, 2.05) is 43.3 Å². The predicted octanol–water partition coefficient (Wildman–Crippen LogP) is 3.20. The van der Waals surface area contributed by atoms with Gasteiger partial charge in [-0.25, -0.2) is 4.98 Å². The monoisotopic (exact) mass is 307 g/mol. The zero-order valence-corrected chi connectivity index (χ0v) is 13.7. The van der Waals surface area contributed by atoms with E-state index < -0.39 is 0 Å². The molecule has 23 heavy (non-hydrogen) atoms. The molecule has 0 aliphatic rings. The minimum Gasteiger partial charge on any atom is -0.294 e. The van der Waals surface area contributed by atoms with Gasteiger partial charge in [-0.1, -0.05) is 36.4 Å². The van der Waals surface area contributed by atoms with Crippen LogP contribution in [0, 0.1) is 6.92 Å². The van der Waals surface area contributed by atoms with Crippen molar-refractivity contribution in [1.29, 1.82) is 0 Å². The fraction of sp³-hybridized carbons (Fsp3) is 0.263. The van der Waals surface area contributed by atoms with Crippen molar-refractivity contribution < 1.29 is 0 Å². The molecule has 0 saturated heterocycles. The molecule has 1 atom stereocenters. The van der Waals surface area contributed by atoms with Crippen LogP contribution in [0.4, 0.5) is 0 Å². The van der Waals surface area contributed by atoms with Crippen molar-refractivity contribution in [3.05, 3.63) is 81.9 Å². The molecule has 2 heterocycles. The number of aryl methyl sites for hydroxylation is 1. The Morgan fingerprint density at radius 1 is 1.13 bits per heavy atom. The van der Waals surface area contributed by atoms with Gasteiger partial charge < -0.3 is 0 Å². The molecule has 0 amide bonds. The zero-order valence-electron chi connectivity index (χ0n) is 13.7. The summed E-state index contributed by atoms with van der Waals surface area (Å²) >= 11 is 0. The fourth-order valence-electron chi connectivity index (χ4n) is 2.82. The normalized spacial score (nSPS) is 12.7. The Morgan fingerprint density at radius 2 is 1.87 bits per heavy atom. The van der Waals surface area contributed by atoms with Gasteiger partial charge in [0.1, 0.15) is 5.65 Å². The molecule has 0 radical (unpaired) electrons. The Labute approximate surface area is 136 Å². The lowest BCUT2D eigenvalue weighted by Gasteiger charge is -2.24. The molecule has 0 N–H and O–H groups in total. The molecule has 0 spiro atoms. The van der Waals surface area contributed by atoms with E-state index in [1.165, 1.54) is 5.56 Å². The molecule has 0 aliphatic carbocycles. The van der Waals surface area contributed by atoms with Crippen molar-refractivity contribution in [2.75, 3.05) is 7.05 Å². The van der Waals surface area contributed by atoms with Crippen molar-refractivity contribution in [1.82, 2.24) is 14.3 Å². The van der Waals surface area contributed by atoms with Crippen molar-refractivity contribution >= 4 is 5.65 Å². The highest BCUT2D eigenvalue weighted by molar-refractivity contribution is 5.40. The van der Waals surface area contributed by atoms with Crippen LogP contribution in [-0.4, -0.2) is 21.3 Å². The molecule has 3 aromatic rings. The van der Waals surface area contributed by atoms with Crippen LogP contribution in [0.3, 0.4) is 0 Å². The molecule has 0 fully saturated rings. The second kappa shape index (κ2) is 6.34. The first kappa shape index (κ1) is 15.4. The lowest BCUT2D eigenvalue weighted by molar-refractivity contribution is 0.250. The number of nitrogens with zero attached hydrogens (tertiary/aromatic N) is 3. The van der Waals surface area contributed by atoms with Crippen molar-refractivity contribution in [2.24, 2.45) is 0 Å². The summed E-state index contributed by atoms with van der Waals surface area (Å²) in [4.78, 5) is 19.2. The Morgan fingerprint density at radius 3 is 2.61 bits per heavy atom. The molecule has 4 heteroatoms. The van der Waals surface area contributed by atoms with Gasteiger partial charge in [0.15, 0.2) is 0 Å². The van der Waals surface area contributed by atoms with Gasteiger partial charge in [0.2, 0.25) is 0 Å². The predicted molar refractivity (Wildman–Crippen MR) is 92.5 cm³/mol. The molecule has 0 unspecified atom stereocenters. The highest BCUT2D eigenvalue weighted by Crippen LogP contribution is 2.19. The van der Waals surface area contributed by atoms with Crippen LogP contribution in [0.25, 0.3) is 5.65 Å². The van der Waals surface area contributed by atoms with E-state index in [-0.39, 0.29) is 11.6 Å². The van der Waals surface area contributed by atoms with E-state index in [1.54, 1.807) is 10.5 Å². The van der Waals surface area contributed by atoms with Gasteiger partial charge in [-0.2, -0.15) is 0 Å². The van der Waals surface area contributed by atoms with Crippen LogP contribution >= 0.6 is 0 Å². The number of rotatable bonds is 4. The minimum atomic E-state index is -0.0242. The fourth-order valence-corrected chi connectivity index (χ4v) is 2.82. The Kier molecular flexibility index (Phi) is 4.26. The summed E-state index contributed by atoms with van der Waals surface area (Å²) in [6.45, 7) is 4.71. The minimum absolute atomic E-state index is 0.0242. The van der Waals surface area contributed by atoms with Crippen LogP contribution in [0.5, 0.6) is 0 Å². The average Bonchev–Trinajstić information content (AvgIpc) is 2.54. The molecule has 1 aromatic carbocycles. The van der Waals surface area contributed by atoms with Crippen LogP contribution in [0.2, 0.25) is 0 Å². The molecule has 0 saturated carbocycles. The van der Waals surface area contributed by atoms with E-state index in [2.05, 4.69) is 36.0 Å². The smallest absolute Gasteiger partial charge is 0.258 e. The van der Waals surface area contributed by atoms with Crippen molar-refractivity contribution in [3.63, 3.8) is 0 Å². The van der Waals surface area contributed by atoms with Gasteiger partial charge in [0, 0.05) is 24.3 Å². The van der Waals surface area contributed by atoms with Crippen LogP contribution in [-0.2, 0) is 6.54 Å². The van der Waals surface area contributed by atoms with E-state index >= 15 is 0 Å². The summed E-state index contributed by atoms with van der Waals surface area (Å²) in [7, 11) is 2.05. The van der Waals surface area contributed by atoms with Crippen molar-refractivity contribution in [2.45, 2.75) is 26.4 Å². The average molecular weight is 307 g/mol. The quantitative estimate of drug-likeness (QED) is 0.743. The summed E-state index contributed by atoms with van der Waals surface area (Å²) in [6.07, 6.45) is 0. The van der Waals surface area contributed by atoms with E-state index in [4.69, 9.17) is 0 Å². The second-order valence-corrected chi connectivity index (χ2v) is 5.95. The SMILES string of the molecule is Cc1cccc2nc(CN(C)[C@@H](C)c3ccccc3)cc(=O)n12. The molecule has 2 aromatic heterocycles. The van der Waals surface area contributed by atoms with Gasteiger partial charge in [-0.3, -0.25) is 14.1 Å². The number of fused-ring (bicyclic) bond motifs is 1. The third-order valence-electron chi connectivity index (χ3n) is 4.29. The lowest BCUT2D eigenvalue weighted by Crippen LogP contribution is -2.25. The van der Waals surface area contributed by atoms with Gasteiger partial charge >= 0.3 is 0 Å². The van der Waals surface area contributed by atoms with Gasteiger partial charge in [0.05, 0.1) is 5.69 Å². The summed E-state index contributed by atoms with van der Waals surface area (Å²) < 4.78 is 1.64. The van der Waals surface area contributed by atoms with Crippen LogP contribution in [0.15, 0.2) is 59.4 Å². The number of hydrogen-bond donors (Lipinski definition) is 0. The van der Waals surface area contributed by atoms with E-state index in [0.29, 0.717) is 12.2 Å². The van der Waals surface area contributed by atoms with Crippen LogP contribution < -0.4 is 5.56 Å². The summed E-state index contributed by atoms with van der Waals surface area (Å²) in [5.74, 6) is 0. The van der Waals surface area contributed by atoms with Gasteiger partial charge in [-0.05, 0) is 38.6 Å². The maximum absolute atomic E-state index is 12.3. The number of hydrogen-bond acceptors (Lipinski definition) is 3. The van der Waals surface area contributed by atoms with E-state index in [9.17, 15) is 4.79 Å². The maximum atomic E-state index is 12.3. The van der Waals surface area contributed by atoms with Crippen molar-refractivity contribution in [3.8, 4) is 0 Å². The second-order valence-electron chi connectivity index (χ2n) is 5.95. The highest BCUT2D eigenvalue weighted by atomic mass is 16.1. The molecule has 118 valence electrons. The van der Waals surface area contributed by atoms with Gasteiger partial charge in [0.25, 0.3) is 5.56 Å². The summed E-state index contributed by atoms with van der Waals surface area (Å²) in [6, 6.07) is 18.0. The number of benzene rings is 1. The first-order chi connectivity index (χ1) is 11.1. The highest BCUT2D eigenvalue weighted by Gasteiger charge is 2.13. The maximum Gasteiger partial charge on any atom is 0.258 e. The topological polar surface area (TPSA) is 37.6 Å². The number of aromatic nitrogens is 2. The molecule has 4 nitrogen and oxygen atoms in total. The molecule has 0 bridgehead atoms. The van der Waals surface area contributed by atoms with E-state index in [0.717, 1.165) is 11.4 Å². The largest absolute Gasteiger partial charge is 0.294 e. The van der Waals surface area contributed by atoms with Gasteiger partial charge in [-0.15, -0.1) is 0 Å². The Bertz CT molecular complexity index is 871. The Hall–Kier alpha value is -2.46. The Balaban J connectivity index is 1.88. The number of pyridine rings is 1. The molecule has 0 aliphatic heterocycles. The molecular formula is C19H21N3O. The first-order valence-electron chi connectivity index (χ1n) is 7.80. The third kappa shape index (κ3) is 3.17. The molecule has 3 rings (SSSR count). The third-order valence-corrected chi connectivity index (χ3v) is 4.29. The first-order valence-corrected chi connectivity index (χ1v) is 7.80. The zero-order chi connectivity index (χ0) is 16.4. The standard InChI is InChI=1S/C19H21N3O/c1-14-8-7-11-18-20-17(12-19(23)22(14)18)13-21(3)15(2)16-9-5-4-6-10-16/h4-12,15H,13H2,1-3H3/t15-/m0/s1. The van der Waals surface area contributed by atoms with Crippen LogP contribution in [0.1, 0.15) is 29.9 Å².